The number of ether oxygens (including phenoxy) is 1. The zero-order valence-corrected chi connectivity index (χ0v) is 12.2. The van der Waals surface area contributed by atoms with Gasteiger partial charge in [-0.15, -0.1) is 0 Å². The largest absolute Gasteiger partial charge is 0.496 e. The molecule has 1 aliphatic heterocycles. The third-order valence-corrected chi connectivity index (χ3v) is 4.17. The van der Waals surface area contributed by atoms with Gasteiger partial charge < -0.3 is 10.1 Å². The molecule has 1 saturated heterocycles. The van der Waals surface area contributed by atoms with Crippen molar-refractivity contribution in [2.24, 2.45) is 5.41 Å². The molecule has 0 saturated carbocycles. The average Bonchev–Trinajstić information content (AvgIpc) is 2.67. The maximum Gasteiger partial charge on any atom is 0.122 e. The zero-order chi connectivity index (χ0) is 13.3. The summed E-state index contributed by atoms with van der Waals surface area (Å²) < 4.78 is 5.56. The Balaban J connectivity index is 2.44. The number of rotatable bonds is 3. The van der Waals surface area contributed by atoms with Gasteiger partial charge in [-0.25, -0.2) is 0 Å². The summed E-state index contributed by atoms with van der Waals surface area (Å²) in [6, 6.07) is 6.64. The fourth-order valence-corrected chi connectivity index (χ4v) is 2.85. The fourth-order valence-electron chi connectivity index (χ4n) is 2.85. The Kier molecular flexibility index (Phi) is 3.67. The quantitative estimate of drug-likeness (QED) is 0.882. The summed E-state index contributed by atoms with van der Waals surface area (Å²) in [5, 5.41) is 3.51. The highest BCUT2D eigenvalue weighted by molar-refractivity contribution is 5.42. The lowest BCUT2D eigenvalue weighted by atomic mass is 9.77. The third kappa shape index (κ3) is 2.39. The van der Waals surface area contributed by atoms with Crippen LogP contribution < -0.4 is 10.1 Å². The second-order valence-electron chi connectivity index (χ2n) is 6.33. The Labute approximate surface area is 111 Å². The average molecular weight is 247 g/mol. The molecule has 2 nitrogen and oxygen atoms in total. The van der Waals surface area contributed by atoms with E-state index in [0.29, 0.717) is 17.3 Å². The van der Waals surface area contributed by atoms with Crippen molar-refractivity contribution in [2.75, 3.05) is 20.2 Å². The highest BCUT2D eigenvalue weighted by Gasteiger charge is 2.37. The maximum atomic E-state index is 5.56. The minimum Gasteiger partial charge on any atom is -0.496 e. The highest BCUT2D eigenvalue weighted by Crippen LogP contribution is 2.42. The maximum absolute atomic E-state index is 5.56. The second kappa shape index (κ2) is 4.93. The molecule has 1 aliphatic rings. The Hall–Kier alpha value is -1.02. The molecule has 1 heterocycles. The van der Waals surface area contributed by atoms with E-state index >= 15 is 0 Å². The van der Waals surface area contributed by atoms with Gasteiger partial charge in [0.2, 0.25) is 0 Å². The first kappa shape index (κ1) is 13.4. The van der Waals surface area contributed by atoms with E-state index < -0.39 is 0 Å². The lowest BCUT2D eigenvalue weighted by Gasteiger charge is -2.28. The molecule has 1 fully saturated rings. The molecular weight excluding hydrogens is 222 g/mol. The van der Waals surface area contributed by atoms with Crippen molar-refractivity contribution in [3.8, 4) is 5.75 Å². The molecule has 2 heteroatoms. The zero-order valence-electron chi connectivity index (χ0n) is 12.2. The van der Waals surface area contributed by atoms with Crippen LogP contribution in [0.15, 0.2) is 18.2 Å². The number of hydrogen-bond acceptors (Lipinski definition) is 2. The van der Waals surface area contributed by atoms with Gasteiger partial charge in [0.1, 0.15) is 5.75 Å². The molecular formula is C16H25NO. The summed E-state index contributed by atoms with van der Waals surface area (Å²) in [5.41, 5.74) is 3.05. The van der Waals surface area contributed by atoms with Gasteiger partial charge in [-0.3, -0.25) is 0 Å². The number of benzene rings is 1. The monoisotopic (exact) mass is 247 g/mol. The van der Waals surface area contributed by atoms with Crippen molar-refractivity contribution in [3.05, 3.63) is 29.3 Å². The van der Waals surface area contributed by atoms with Gasteiger partial charge in [0.15, 0.2) is 0 Å². The van der Waals surface area contributed by atoms with Crippen LogP contribution in [-0.4, -0.2) is 20.2 Å². The van der Waals surface area contributed by atoms with Gasteiger partial charge in [-0.2, -0.15) is 0 Å². The Bertz CT molecular complexity index is 423. The summed E-state index contributed by atoms with van der Waals surface area (Å²) in [6.07, 6.45) is 0. The minimum atomic E-state index is 0.295. The molecule has 0 radical (unpaired) electrons. The molecule has 1 unspecified atom stereocenters. The summed E-state index contributed by atoms with van der Waals surface area (Å²) in [5.74, 6) is 2.12. The first-order chi connectivity index (χ1) is 8.45. The normalized spacial score (nSPS) is 22.4. The SMILES string of the molecule is COc1ccc(C(C)C)cc1C1CNCC1(C)C. The van der Waals surface area contributed by atoms with Crippen molar-refractivity contribution in [2.45, 2.75) is 39.5 Å². The molecule has 0 aliphatic carbocycles. The van der Waals surface area contributed by atoms with E-state index in [0.717, 1.165) is 18.8 Å². The first-order valence-corrected chi connectivity index (χ1v) is 6.84. The van der Waals surface area contributed by atoms with Gasteiger partial charge in [0.05, 0.1) is 7.11 Å². The lowest BCUT2D eigenvalue weighted by Crippen LogP contribution is -2.21. The third-order valence-electron chi connectivity index (χ3n) is 4.17. The van der Waals surface area contributed by atoms with E-state index in [-0.39, 0.29) is 0 Å². The van der Waals surface area contributed by atoms with Crippen LogP contribution in [0.5, 0.6) is 5.75 Å². The standard InChI is InChI=1S/C16H25NO/c1-11(2)12-6-7-15(18-5)13(8-12)14-9-17-10-16(14,3)4/h6-8,11,14,17H,9-10H2,1-5H3. The molecule has 2 rings (SSSR count). The molecule has 0 bridgehead atoms. The van der Waals surface area contributed by atoms with Crippen molar-refractivity contribution in [1.29, 1.82) is 0 Å². The van der Waals surface area contributed by atoms with Gasteiger partial charge in [-0.05, 0) is 28.5 Å². The van der Waals surface area contributed by atoms with Crippen molar-refractivity contribution in [1.82, 2.24) is 5.32 Å². The topological polar surface area (TPSA) is 21.3 Å². The van der Waals surface area contributed by atoms with Crippen LogP contribution in [0.25, 0.3) is 0 Å². The van der Waals surface area contributed by atoms with Crippen LogP contribution in [-0.2, 0) is 0 Å². The lowest BCUT2D eigenvalue weighted by molar-refractivity contribution is 0.345. The highest BCUT2D eigenvalue weighted by atomic mass is 16.5. The molecule has 0 aromatic heterocycles. The van der Waals surface area contributed by atoms with E-state index in [1.807, 2.05) is 0 Å². The fraction of sp³-hybridized carbons (Fsp3) is 0.625. The van der Waals surface area contributed by atoms with E-state index in [1.54, 1.807) is 7.11 Å². The van der Waals surface area contributed by atoms with Crippen molar-refractivity contribution >= 4 is 0 Å². The Morgan fingerprint density at radius 3 is 2.56 bits per heavy atom. The molecule has 1 aromatic carbocycles. The minimum absolute atomic E-state index is 0.295. The summed E-state index contributed by atoms with van der Waals surface area (Å²) in [7, 11) is 1.77. The summed E-state index contributed by atoms with van der Waals surface area (Å²) in [6.45, 7) is 11.3. The number of nitrogens with one attached hydrogen (secondary N) is 1. The summed E-state index contributed by atoms with van der Waals surface area (Å²) in [4.78, 5) is 0. The van der Waals surface area contributed by atoms with Crippen LogP contribution in [0.3, 0.4) is 0 Å². The molecule has 1 N–H and O–H groups in total. The summed E-state index contributed by atoms with van der Waals surface area (Å²) >= 11 is 0. The molecule has 100 valence electrons. The van der Waals surface area contributed by atoms with Crippen LogP contribution in [0, 0.1) is 5.41 Å². The van der Waals surface area contributed by atoms with Crippen molar-refractivity contribution < 1.29 is 4.74 Å². The van der Waals surface area contributed by atoms with E-state index in [9.17, 15) is 0 Å². The smallest absolute Gasteiger partial charge is 0.122 e. The van der Waals surface area contributed by atoms with Crippen molar-refractivity contribution in [3.63, 3.8) is 0 Å². The molecule has 1 aromatic rings. The number of hydrogen-bond donors (Lipinski definition) is 1. The van der Waals surface area contributed by atoms with Gasteiger partial charge >= 0.3 is 0 Å². The van der Waals surface area contributed by atoms with Gasteiger partial charge in [0, 0.05) is 19.0 Å². The van der Waals surface area contributed by atoms with Gasteiger partial charge in [-0.1, -0.05) is 39.8 Å². The van der Waals surface area contributed by atoms with E-state index in [4.69, 9.17) is 4.74 Å². The van der Waals surface area contributed by atoms with Crippen LogP contribution >= 0.6 is 0 Å². The Morgan fingerprint density at radius 2 is 2.06 bits per heavy atom. The molecule has 1 atom stereocenters. The number of methoxy groups -OCH3 is 1. The second-order valence-corrected chi connectivity index (χ2v) is 6.33. The van der Waals surface area contributed by atoms with Crippen LogP contribution in [0.4, 0.5) is 0 Å². The molecule has 18 heavy (non-hydrogen) atoms. The predicted octanol–water partition coefficient (Wildman–Crippen LogP) is 3.53. The van der Waals surface area contributed by atoms with Crippen LogP contribution in [0.2, 0.25) is 0 Å². The molecule has 0 spiro atoms. The first-order valence-electron chi connectivity index (χ1n) is 6.84. The van der Waals surface area contributed by atoms with E-state index in [1.165, 1.54) is 11.1 Å². The predicted molar refractivity (Wildman–Crippen MR) is 76.5 cm³/mol. The van der Waals surface area contributed by atoms with Gasteiger partial charge in [0.25, 0.3) is 0 Å². The van der Waals surface area contributed by atoms with Crippen LogP contribution in [0.1, 0.15) is 50.7 Å². The Morgan fingerprint density at radius 1 is 1.33 bits per heavy atom. The van der Waals surface area contributed by atoms with E-state index in [2.05, 4.69) is 51.2 Å². The molecule has 0 amide bonds.